The molecular formula is C11H11BrFN3. The fraction of sp³-hybridized carbons (Fsp3) is 0.182. The molecule has 2 aromatic rings. The number of rotatable bonds is 2. The van der Waals surface area contributed by atoms with Crippen molar-refractivity contribution in [1.82, 2.24) is 9.78 Å². The average Bonchev–Trinajstić information content (AvgIpc) is 2.47. The number of benzene rings is 1. The maximum Gasteiger partial charge on any atom is 0.136 e. The summed E-state index contributed by atoms with van der Waals surface area (Å²) in [6, 6.07) is 6.40. The van der Waals surface area contributed by atoms with Gasteiger partial charge in [0.15, 0.2) is 0 Å². The third-order valence-electron chi connectivity index (χ3n) is 2.31. The summed E-state index contributed by atoms with van der Waals surface area (Å²) in [6.07, 6.45) is 0. The van der Waals surface area contributed by atoms with Crippen LogP contribution in [0.5, 0.6) is 0 Å². The highest BCUT2D eigenvalue weighted by molar-refractivity contribution is 9.10. The molecule has 0 spiro atoms. The van der Waals surface area contributed by atoms with E-state index >= 15 is 0 Å². The van der Waals surface area contributed by atoms with E-state index in [1.54, 1.807) is 10.7 Å². The summed E-state index contributed by atoms with van der Waals surface area (Å²) in [7, 11) is 0. The van der Waals surface area contributed by atoms with E-state index in [9.17, 15) is 4.39 Å². The molecule has 0 aliphatic heterocycles. The lowest BCUT2D eigenvalue weighted by molar-refractivity contribution is 0.619. The zero-order valence-electron chi connectivity index (χ0n) is 8.74. The van der Waals surface area contributed by atoms with Crippen LogP contribution in [0.2, 0.25) is 0 Å². The lowest BCUT2D eigenvalue weighted by atomic mass is 10.2. The fourth-order valence-electron chi connectivity index (χ4n) is 1.51. The molecule has 5 heteroatoms. The molecule has 0 saturated carbocycles. The third kappa shape index (κ3) is 2.09. The average molecular weight is 284 g/mol. The first kappa shape index (κ1) is 11.1. The first-order chi connectivity index (χ1) is 7.58. The minimum absolute atomic E-state index is 0.251. The molecule has 0 atom stereocenters. The second kappa shape index (κ2) is 4.25. The predicted molar refractivity (Wildman–Crippen MR) is 64.6 cm³/mol. The van der Waals surface area contributed by atoms with Crippen LogP contribution >= 0.6 is 15.9 Å². The monoisotopic (exact) mass is 283 g/mol. The number of nitrogens with two attached hydrogens (primary N) is 1. The van der Waals surface area contributed by atoms with E-state index in [4.69, 9.17) is 5.73 Å². The van der Waals surface area contributed by atoms with Gasteiger partial charge in [-0.3, -0.25) is 0 Å². The third-order valence-corrected chi connectivity index (χ3v) is 3.29. The van der Waals surface area contributed by atoms with E-state index < -0.39 is 0 Å². The molecule has 2 rings (SSSR count). The molecule has 1 heterocycles. The lowest BCUT2D eigenvalue weighted by Crippen LogP contribution is -2.06. The topological polar surface area (TPSA) is 43.8 Å². The molecular weight excluding hydrogens is 273 g/mol. The van der Waals surface area contributed by atoms with E-state index in [2.05, 4.69) is 21.0 Å². The van der Waals surface area contributed by atoms with Gasteiger partial charge < -0.3 is 5.73 Å². The Morgan fingerprint density at radius 3 is 2.81 bits per heavy atom. The van der Waals surface area contributed by atoms with Crippen LogP contribution in [0.15, 0.2) is 28.7 Å². The first-order valence-corrected chi connectivity index (χ1v) is 5.60. The van der Waals surface area contributed by atoms with Gasteiger partial charge in [0.1, 0.15) is 11.6 Å². The van der Waals surface area contributed by atoms with Crippen molar-refractivity contribution in [1.29, 1.82) is 0 Å². The Morgan fingerprint density at radius 2 is 2.25 bits per heavy atom. The van der Waals surface area contributed by atoms with E-state index in [1.165, 1.54) is 12.1 Å². The Labute approximate surface area is 101 Å². The van der Waals surface area contributed by atoms with Crippen molar-refractivity contribution in [3.05, 3.63) is 45.8 Å². The number of hydrogen-bond donors (Lipinski definition) is 1. The summed E-state index contributed by atoms with van der Waals surface area (Å²) >= 11 is 3.35. The number of halogens is 2. The number of hydrogen-bond acceptors (Lipinski definition) is 2. The van der Waals surface area contributed by atoms with Gasteiger partial charge >= 0.3 is 0 Å². The summed E-state index contributed by atoms with van der Waals surface area (Å²) in [5.74, 6) is 0.306. The van der Waals surface area contributed by atoms with Gasteiger partial charge in [-0.1, -0.05) is 12.1 Å². The second-order valence-corrected chi connectivity index (χ2v) is 4.37. The molecule has 0 amide bonds. The van der Waals surface area contributed by atoms with Crippen LogP contribution in [0.3, 0.4) is 0 Å². The quantitative estimate of drug-likeness (QED) is 0.921. The van der Waals surface area contributed by atoms with Crippen molar-refractivity contribution in [2.75, 3.05) is 5.73 Å². The van der Waals surface area contributed by atoms with Crippen molar-refractivity contribution >= 4 is 21.7 Å². The molecule has 84 valence electrons. The Bertz CT molecular complexity index is 522. The number of nitrogens with zero attached hydrogens (tertiary/aromatic N) is 2. The maximum absolute atomic E-state index is 13.0. The zero-order chi connectivity index (χ0) is 11.7. The van der Waals surface area contributed by atoms with Crippen LogP contribution in [0.1, 0.15) is 11.3 Å². The number of aryl methyl sites for hydroxylation is 1. The molecule has 0 aliphatic carbocycles. The van der Waals surface area contributed by atoms with Crippen LogP contribution in [0.25, 0.3) is 0 Å². The van der Waals surface area contributed by atoms with Gasteiger partial charge in [-0.2, -0.15) is 5.10 Å². The highest BCUT2D eigenvalue weighted by Crippen LogP contribution is 2.23. The second-order valence-electron chi connectivity index (χ2n) is 3.57. The summed E-state index contributed by atoms with van der Waals surface area (Å²) in [5, 5.41) is 4.26. The fourth-order valence-corrected chi connectivity index (χ4v) is 1.79. The maximum atomic E-state index is 13.0. The number of nitrogen functional groups attached to an aromatic ring is 1. The van der Waals surface area contributed by atoms with E-state index in [0.717, 1.165) is 15.7 Å². The van der Waals surface area contributed by atoms with Gasteiger partial charge in [-0.25, -0.2) is 9.07 Å². The zero-order valence-corrected chi connectivity index (χ0v) is 10.3. The van der Waals surface area contributed by atoms with Gasteiger partial charge in [0.05, 0.1) is 16.7 Å². The van der Waals surface area contributed by atoms with Crippen molar-refractivity contribution in [3.8, 4) is 0 Å². The summed E-state index contributed by atoms with van der Waals surface area (Å²) in [6.45, 7) is 2.33. The minimum atomic E-state index is -0.251. The summed E-state index contributed by atoms with van der Waals surface area (Å²) in [4.78, 5) is 0. The van der Waals surface area contributed by atoms with Crippen LogP contribution in [0.4, 0.5) is 10.2 Å². The van der Waals surface area contributed by atoms with Crippen molar-refractivity contribution in [2.45, 2.75) is 13.5 Å². The van der Waals surface area contributed by atoms with Gasteiger partial charge in [-0.05, 0) is 40.5 Å². The van der Waals surface area contributed by atoms with E-state index in [0.29, 0.717) is 12.4 Å². The van der Waals surface area contributed by atoms with Crippen LogP contribution in [-0.2, 0) is 6.54 Å². The van der Waals surface area contributed by atoms with E-state index in [1.807, 2.05) is 13.0 Å². The molecule has 0 saturated heterocycles. The SMILES string of the molecule is Cc1nn(Cc2cccc(F)c2)c(N)c1Br. The molecule has 0 radical (unpaired) electrons. The van der Waals surface area contributed by atoms with Crippen LogP contribution < -0.4 is 5.73 Å². The molecule has 0 aliphatic rings. The highest BCUT2D eigenvalue weighted by Gasteiger charge is 2.09. The number of aromatic nitrogens is 2. The minimum Gasteiger partial charge on any atom is -0.383 e. The molecule has 0 fully saturated rings. The molecule has 3 nitrogen and oxygen atoms in total. The van der Waals surface area contributed by atoms with Gasteiger partial charge in [0.25, 0.3) is 0 Å². The Morgan fingerprint density at radius 1 is 1.50 bits per heavy atom. The van der Waals surface area contributed by atoms with Gasteiger partial charge in [0.2, 0.25) is 0 Å². The molecule has 0 unspecified atom stereocenters. The lowest BCUT2D eigenvalue weighted by Gasteiger charge is -2.04. The summed E-state index contributed by atoms with van der Waals surface area (Å²) in [5.41, 5.74) is 7.51. The largest absolute Gasteiger partial charge is 0.383 e. The predicted octanol–water partition coefficient (Wildman–Crippen LogP) is 2.72. The molecule has 1 aromatic carbocycles. The first-order valence-electron chi connectivity index (χ1n) is 4.81. The van der Waals surface area contributed by atoms with Crippen molar-refractivity contribution in [2.24, 2.45) is 0 Å². The molecule has 0 bridgehead atoms. The molecule has 16 heavy (non-hydrogen) atoms. The standard InChI is InChI=1S/C11H11BrFN3/c1-7-10(12)11(14)16(15-7)6-8-3-2-4-9(13)5-8/h2-5H,6,14H2,1H3. The Hall–Kier alpha value is -1.36. The van der Waals surface area contributed by atoms with Crippen LogP contribution in [-0.4, -0.2) is 9.78 Å². The smallest absolute Gasteiger partial charge is 0.136 e. The van der Waals surface area contributed by atoms with Crippen LogP contribution in [0, 0.1) is 12.7 Å². The highest BCUT2D eigenvalue weighted by atomic mass is 79.9. The Kier molecular flexibility index (Phi) is 2.96. The summed E-state index contributed by atoms with van der Waals surface area (Å²) < 4.78 is 15.4. The van der Waals surface area contributed by atoms with Crippen molar-refractivity contribution < 1.29 is 4.39 Å². The normalized spacial score (nSPS) is 10.7. The Balaban J connectivity index is 2.30. The van der Waals surface area contributed by atoms with E-state index in [-0.39, 0.29) is 5.82 Å². The molecule has 1 aromatic heterocycles. The van der Waals surface area contributed by atoms with Crippen molar-refractivity contribution in [3.63, 3.8) is 0 Å². The molecule has 2 N–H and O–H groups in total. The number of anilines is 1. The van der Waals surface area contributed by atoms with Gasteiger partial charge in [-0.15, -0.1) is 0 Å². The van der Waals surface area contributed by atoms with Gasteiger partial charge in [0, 0.05) is 0 Å².